The molecule has 0 amide bonds. The second kappa shape index (κ2) is 14.2. The summed E-state index contributed by atoms with van der Waals surface area (Å²) in [4.78, 5) is 21.4. The monoisotopic (exact) mass is 318 g/mol. The molecule has 0 aromatic rings. The standard InChI is InChI=1S/C16H30O4S/c1-2-3-4-5-6-7-8-9-10-11-12-21-14(16(19)20)13-15(17)18/h14H,2-13H2,1H3,(H,17,18)(H,19,20). The molecule has 0 aliphatic heterocycles. The molecular weight excluding hydrogens is 288 g/mol. The van der Waals surface area contributed by atoms with E-state index in [0.29, 0.717) is 0 Å². The van der Waals surface area contributed by atoms with E-state index in [0.717, 1.165) is 18.6 Å². The number of carboxylic acid groups (broad SMARTS) is 2. The zero-order valence-electron chi connectivity index (χ0n) is 13.2. The van der Waals surface area contributed by atoms with Crippen molar-refractivity contribution in [3.8, 4) is 0 Å². The molecule has 0 fully saturated rings. The van der Waals surface area contributed by atoms with Gasteiger partial charge in [-0.2, -0.15) is 0 Å². The summed E-state index contributed by atoms with van der Waals surface area (Å²) < 4.78 is 0. The number of carbonyl (C=O) groups is 2. The van der Waals surface area contributed by atoms with Crippen LogP contribution in [0.1, 0.15) is 77.6 Å². The van der Waals surface area contributed by atoms with Crippen LogP contribution in [0.25, 0.3) is 0 Å². The average Bonchev–Trinajstić information content (AvgIpc) is 2.42. The lowest BCUT2D eigenvalue weighted by Gasteiger charge is -2.09. The van der Waals surface area contributed by atoms with Crippen molar-refractivity contribution >= 4 is 23.7 Å². The molecule has 0 saturated heterocycles. The van der Waals surface area contributed by atoms with Gasteiger partial charge in [-0.1, -0.05) is 64.7 Å². The topological polar surface area (TPSA) is 74.6 Å². The lowest BCUT2D eigenvalue weighted by Crippen LogP contribution is -2.20. The lowest BCUT2D eigenvalue weighted by atomic mass is 10.1. The highest BCUT2D eigenvalue weighted by molar-refractivity contribution is 8.00. The predicted molar refractivity (Wildman–Crippen MR) is 88.0 cm³/mol. The van der Waals surface area contributed by atoms with E-state index in [4.69, 9.17) is 10.2 Å². The van der Waals surface area contributed by atoms with E-state index >= 15 is 0 Å². The van der Waals surface area contributed by atoms with Crippen LogP contribution in [0.2, 0.25) is 0 Å². The summed E-state index contributed by atoms with van der Waals surface area (Å²) in [6.07, 6.45) is 12.2. The van der Waals surface area contributed by atoms with Gasteiger partial charge in [0.15, 0.2) is 0 Å². The third-order valence-corrected chi connectivity index (χ3v) is 4.75. The predicted octanol–water partition coefficient (Wildman–Crippen LogP) is 4.57. The van der Waals surface area contributed by atoms with E-state index in [2.05, 4.69) is 6.92 Å². The first-order valence-corrected chi connectivity index (χ1v) is 9.19. The van der Waals surface area contributed by atoms with Crippen molar-refractivity contribution in [2.75, 3.05) is 5.75 Å². The van der Waals surface area contributed by atoms with Gasteiger partial charge in [-0.05, 0) is 12.2 Å². The van der Waals surface area contributed by atoms with Gasteiger partial charge >= 0.3 is 11.9 Å². The van der Waals surface area contributed by atoms with Gasteiger partial charge in [-0.15, -0.1) is 11.8 Å². The molecule has 1 atom stereocenters. The highest BCUT2D eigenvalue weighted by atomic mass is 32.2. The third kappa shape index (κ3) is 14.0. The molecule has 0 aliphatic carbocycles. The fourth-order valence-electron chi connectivity index (χ4n) is 2.19. The minimum Gasteiger partial charge on any atom is -0.481 e. The number of thioether (sulfide) groups is 1. The maximum atomic E-state index is 10.9. The number of hydrogen-bond acceptors (Lipinski definition) is 3. The van der Waals surface area contributed by atoms with E-state index in [1.807, 2.05) is 0 Å². The summed E-state index contributed by atoms with van der Waals surface area (Å²) in [5.41, 5.74) is 0. The van der Waals surface area contributed by atoms with Crippen LogP contribution < -0.4 is 0 Å². The van der Waals surface area contributed by atoms with Gasteiger partial charge in [0.2, 0.25) is 0 Å². The van der Waals surface area contributed by atoms with Crippen LogP contribution in [0, 0.1) is 0 Å². The molecule has 0 aromatic carbocycles. The van der Waals surface area contributed by atoms with Crippen molar-refractivity contribution in [1.82, 2.24) is 0 Å². The van der Waals surface area contributed by atoms with Crippen molar-refractivity contribution in [3.63, 3.8) is 0 Å². The molecule has 0 bridgehead atoms. The highest BCUT2D eigenvalue weighted by Crippen LogP contribution is 2.18. The number of aliphatic carboxylic acids is 2. The number of rotatable bonds is 15. The zero-order valence-corrected chi connectivity index (χ0v) is 14.0. The van der Waals surface area contributed by atoms with Gasteiger partial charge in [0.1, 0.15) is 5.25 Å². The summed E-state index contributed by atoms with van der Waals surface area (Å²) in [5.74, 6) is -1.33. The Balaban J connectivity index is 3.38. The van der Waals surface area contributed by atoms with E-state index in [1.165, 1.54) is 63.1 Å². The van der Waals surface area contributed by atoms with Gasteiger partial charge in [0.05, 0.1) is 6.42 Å². The Morgan fingerprint density at radius 2 is 1.33 bits per heavy atom. The Morgan fingerprint density at radius 3 is 1.76 bits per heavy atom. The Kier molecular flexibility index (Phi) is 13.8. The molecule has 0 spiro atoms. The van der Waals surface area contributed by atoms with Crippen molar-refractivity contribution in [3.05, 3.63) is 0 Å². The van der Waals surface area contributed by atoms with Crippen LogP contribution in [0.4, 0.5) is 0 Å². The third-order valence-electron chi connectivity index (χ3n) is 3.45. The van der Waals surface area contributed by atoms with E-state index < -0.39 is 17.2 Å². The van der Waals surface area contributed by atoms with Crippen LogP contribution in [0.5, 0.6) is 0 Å². The highest BCUT2D eigenvalue weighted by Gasteiger charge is 2.20. The summed E-state index contributed by atoms with van der Waals surface area (Å²) in [5, 5.41) is 16.7. The van der Waals surface area contributed by atoms with Gasteiger partial charge in [-0.3, -0.25) is 9.59 Å². The fourth-order valence-corrected chi connectivity index (χ4v) is 3.25. The Labute approximate surface area is 132 Å². The fraction of sp³-hybridized carbons (Fsp3) is 0.875. The summed E-state index contributed by atoms with van der Waals surface area (Å²) >= 11 is 1.25. The number of unbranched alkanes of at least 4 members (excludes halogenated alkanes) is 9. The average molecular weight is 318 g/mol. The lowest BCUT2D eigenvalue weighted by molar-refractivity contribution is -0.142. The molecule has 5 heteroatoms. The normalized spacial score (nSPS) is 12.2. The molecule has 0 rings (SSSR count). The van der Waals surface area contributed by atoms with Crippen molar-refractivity contribution in [2.45, 2.75) is 82.8 Å². The first-order valence-electron chi connectivity index (χ1n) is 8.14. The summed E-state index contributed by atoms with van der Waals surface area (Å²) in [7, 11) is 0. The molecule has 124 valence electrons. The second-order valence-electron chi connectivity index (χ2n) is 5.48. The summed E-state index contributed by atoms with van der Waals surface area (Å²) in [6, 6.07) is 0. The van der Waals surface area contributed by atoms with E-state index in [-0.39, 0.29) is 6.42 Å². The minimum atomic E-state index is -1.04. The Bertz CT molecular complexity index is 281. The van der Waals surface area contributed by atoms with Crippen LogP contribution in [-0.4, -0.2) is 33.2 Å². The van der Waals surface area contributed by atoms with Crippen LogP contribution in [-0.2, 0) is 9.59 Å². The largest absolute Gasteiger partial charge is 0.481 e. The van der Waals surface area contributed by atoms with Gasteiger partial charge in [0, 0.05) is 0 Å². The smallest absolute Gasteiger partial charge is 0.317 e. The molecule has 4 nitrogen and oxygen atoms in total. The van der Waals surface area contributed by atoms with Crippen LogP contribution in [0.3, 0.4) is 0 Å². The Hall–Kier alpha value is -0.710. The molecule has 1 unspecified atom stereocenters. The number of carboxylic acids is 2. The molecule has 0 saturated carbocycles. The molecule has 0 radical (unpaired) electrons. The van der Waals surface area contributed by atoms with Crippen LogP contribution >= 0.6 is 11.8 Å². The van der Waals surface area contributed by atoms with Gasteiger partial charge < -0.3 is 10.2 Å². The molecule has 0 heterocycles. The SMILES string of the molecule is CCCCCCCCCCCCSC(CC(=O)O)C(=O)O. The quantitative estimate of drug-likeness (QED) is 0.433. The first kappa shape index (κ1) is 20.3. The Morgan fingerprint density at radius 1 is 0.857 bits per heavy atom. The van der Waals surface area contributed by atoms with Crippen molar-refractivity contribution in [2.24, 2.45) is 0 Å². The zero-order chi connectivity index (χ0) is 15.9. The van der Waals surface area contributed by atoms with Gasteiger partial charge in [0.25, 0.3) is 0 Å². The van der Waals surface area contributed by atoms with E-state index in [9.17, 15) is 9.59 Å². The molecule has 2 N–H and O–H groups in total. The van der Waals surface area contributed by atoms with Crippen molar-refractivity contribution in [1.29, 1.82) is 0 Å². The summed E-state index contributed by atoms with van der Waals surface area (Å²) in [6.45, 7) is 2.23. The first-order chi connectivity index (χ1) is 10.1. The molecule has 0 aliphatic rings. The molecule has 21 heavy (non-hydrogen) atoms. The number of hydrogen-bond donors (Lipinski definition) is 2. The molecule has 0 aromatic heterocycles. The maximum Gasteiger partial charge on any atom is 0.317 e. The van der Waals surface area contributed by atoms with E-state index in [1.54, 1.807) is 0 Å². The maximum absolute atomic E-state index is 10.9. The van der Waals surface area contributed by atoms with Crippen LogP contribution in [0.15, 0.2) is 0 Å². The second-order valence-corrected chi connectivity index (χ2v) is 6.79. The van der Waals surface area contributed by atoms with Crippen molar-refractivity contribution < 1.29 is 19.8 Å². The molecular formula is C16H30O4S. The van der Waals surface area contributed by atoms with Gasteiger partial charge in [-0.25, -0.2) is 0 Å². The minimum absolute atomic E-state index is 0.294.